The number of hydrogen-bond acceptors (Lipinski definition) is 5. The van der Waals surface area contributed by atoms with E-state index >= 15 is 0 Å². The second-order valence-corrected chi connectivity index (χ2v) is 8.79. The molecule has 32 heavy (non-hydrogen) atoms. The van der Waals surface area contributed by atoms with Gasteiger partial charge in [0.05, 0.1) is 6.04 Å². The molecule has 1 saturated heterocycles. The molecule has 0 aliphatic carbocycles. The van der Waals surface area contributed by atoms with Gasteiger partial charge in [-0.3, -0.25) is 9.36 Å². The van der Waals surface area contributed by atoms with E-state index in [2.05, 4.69) is 5.10 Å². The summed E-state index contributed by atoms with van der Waals surface area (Å²) in [6.07, 6.45) is -3.29. The summed E-state index contributed by atoms with van der Waals surface area (Å²) in [5.41, 5.74) is -0.116. The first-order valence-corrected chi connectivity index (χ1v) is 10.4. The Bertz CT molecular complexity index is 1080. The molecule has 4 rings (SSSR count). The van der Waals surface area contributed by atoms with E-state index in [0.29, 0.717) is 42.0 Å². The fourth-order valence-electron chi connectivity index (χ4n) is 4.23. The van der Waals surface area contributed by atoms with Crippen molar-refractivity contribution in [2.75, 3.05) is 19.7 Å². The highest BCUT2D eigenvalue weighted by atomic mass is 19.4. The van der Waals surface area contributed by atoms with Crippen molar-refractivity contribution in [3.63, 3.8) is 0 Å². The van der Waals surface area contributed by atoms with E-state index in [1.54, 1.807) is 11.0 Å². The topological polar surface area (TPSA) is 78.6 Å². The van der Waals surface area contributed by atoms with Gasteiger partial charge in [0.25, 0.3) is 5.91 Å². The molecule has 1 amide bonds. The Morgan fingerprint density at radius 3 is 2.59 bits per heavy atom. The molecule has 0 saturated carbocycles. The van der Waals surface area contributed by atoms with Gasteiger partial charge in [0.2, 0.25) is 5.82 Å². The Hall–Kier alpha value is -2.98. The van der Waals surface area contributed by atoms with Crippen LogP contribution in [-0.2, 0) is 24.4 Å². The number of para-hydroxylation sites is 1. The molecule has 0 unspecified atom stereocenters. The SMILES string of the molecule is Cn1c(C(F)(F)F)nn(C2CCN(C(=O)COc3cccc4c3OC(C)(C)C4)CC2)c1=O. The number of benzene rings is 1. The second kappa shape index (κ2) is 7.86. The van der Waals surface area contributed by atoms with Crippen molar-refractivity contribution in [3.8, 4) is 11.5 Å². The number of piperidine rings is 1. The lowest BCUT2D eigenvalue weighted by Gasteiger charge is -2.31. The first-order valence-electron chi connectivity index (χ1n) is 10.4. The molecule has 2 aliphatic rings. The van der Waals surface area contributed by atoms with Gasteiger partial charge in [-0.15, -0.1) is 5.10 Å². The van der Waals surface area contributed by atoms with E-state index in [9.17, 15) is 22.8 Å². The lowest BCUT2D eigenvalue weighted by molar-refractivity contribution is -0.147. The minimum atomic E-state index is -4.70. The number of amides is 1. The number of rotatable bonds is 4. The number of likely N-dealkylation sites (tertiary alicyclic amines) is 1. The van der Waals surface area contributed by atoms with Crippen LogP contribution in [0, 0.1) is 0 Å². The number of carbonyl (C=O) groups excluding carboxylic acids is 1. The predicted molar refractivity (Wildman–Crippen MR) is 108 cm³/mol. The van der Waals surface area contributed by atoms with Crippen LogP contribution in [0.4, 0.5) is 13.2 Å². The zero-order chi connectivity index (χ0) is 23.3. The number of hydrogen-bond donors (Lipinski definition) is 0. The molecule has 0 bridgehead atoms. The molecular weight excluding hydrogens is 429 g/mol. The smallest absolute Gasteiger partial charge is 0.451 e. The van der Waals surface area contributed by atoms with Crippen LogP contribution in [-0.4, -0.2) is 50.5 Å². The molecule has 0 spiro atoms. The fourth-order valence-corrected chi connectivity index (χ4v) is 4.23. The van der Waals surface area contributed by atoms with Crippen molar-refractivity contribution in [1.82, 2.24) is 19.2 Å². The summed E-state index contributed by atoms with van der Waals surface area (Å²) >= 11 is 0. The highest BCUT2D eigenvalue weighted by molar-refractivity contribution is 5.78. The first kappa shape index (κ1) is 22.2. The van der Waals surface area contributed by atoms with Crippen molar-refractivity contribution < 1.29 is 27.4 Å². The second-order valence-electron chi connectivity index (χ2n) is 8.79. The van der Waals surface area contributed by atoms with Gasteiger partial charge >= 0.3 is 11.9 Å². The number of carbonyl (C=O) groups is 1. The monoisotopic (exact) mass is 454 g/mol. The fraction of sp³-hybridized carbons (Fsp3) is 0.571. The van der Waals surface area contributed by atoms with Crippen LogP contribution in [0.2, 0.25) is 0 Å². The van der Waals surface area contributed by atoms with E-state index < -0.39 is 23.7 Å². The summed E-state index contributed by atoms with van der Waals surface area (Å²) in [6, 6.07) is 5.08. The number of nitrogens with zero attached hydrogens (tertiary/aromatic N) is 4. The third kappa shape index (κ3) is 4.20. The third-order valence-electron chi connectivity index (χ3n) is 5.83. The molecule has 3 heterocycles. The van der Waals surface area contributed by atoms with E-state index in [-0.39, 0.29) is 18.1 Å². The van der Waals surface area contributed by atoms with Crippen molar-refractivity contribution in [1.29, 1.82) is 0 Å². The Labute approximate surface area is 182 Å². The molecule has 0 N–H and O–H groups in total. The standard InChI is InChI=1S/C21H25F3N4O4/c1-20(2)11-13-5-4-6-15(17(13)32-20)31-12-16(29)27-9-7-14(8-10-27)28-19(30)26(3)18(25-28)21(22,23)24/h4-6,14H,7-12H2,1-3H3. The van der Waals surface area contributed by atoms with E-state index in [4.69, 9.17) is 9.47 Å². The van der Waals surface area contributed by atoms with E-state index in [1.165, 1.54) is 0 Å². The van der Waals surface area contributed by atoms with Crippen molar-refractivity contribution in [3.05, 3.63) is 40.1 Å². The zero-order valence-corrected chi connectivity index (χ0v) is 18.1. The predicted octanol–water partition coefficient (Wildman–Crippen LogP) is 2.56. The highest BCUT2D eigenvalue weighted by Crippen LogP contribution is 2.41. The van der Waals surface area contributed by atoms with Gasteiger partial charge in [0.15, 0.2) is 18.1 Å². The summed E-state index contributed by atoms with van der Waals surface area (Å²) in [4.78, 5) is 26.4. The van der Waals surface area contributed by atoms with Gasteiger partial charge in [-0.25, -0.2) is 9.48 Å². The van der Waals surface area contributed by atoms with Gasteiger partial charge in [-0.2, -0.15) is 13.2 Å². The minimum Gasteiger partial charge on any atom is -0.483 e. The van der Waals surface area contributed by atoms with Crippen LogP contribution < -0.4 is 15.2 Å². The van der Waals surface area contributed by atoms with Crippen LogP contribution in [0.3, 0.4) is 0 Å². The molecule has 1 fully saturated rings. The van der Waals surface area contributed by atoms with Crippen LogP contribution in [0.1, 0.15) is 44.1 Å². The summed E-state index contributed by atoms with van der Waals surface area (Å²) in [7, 11) is 1.05. The molecular formula is C21H25F3N4O4. The van der Waals surface area contributed by atoms with Crippen molar-refractivity contribution >= 4 is 5.91 Å². The number of ether oxygens (including phenoxy) is 2. The van der Waals surface area contributed by atoms with Crippen LogP contribution >= 0.6 is 0 Å². The van der Waals surface area contributed by atoms with Crippen LogP contribution in [0.15, 0.2) is 23.0 Å². The maximum atomic E-state index is 13.0. The summed E-state index contributed by atoms with van der Waals surface area (Å²) in [5, 5.41) is 3.50. The van der Waals surface area contributed by atoms with Gasteiger partial charge in [-0.1, -0.05) is 12.1 Å². The maximum Gasteiger partial charge on any atom is 0.451 e. The molecule has 2 aliphatic heterocycles. The maximum absolute atomic E-state index is 13.0. The molecule has 1 aromatic heterocycles. The zero-order valence-electron chi connectivity index (χ0n) is 18.1. The molecule has 2 aromatic rings. The van der Waals surface area contributed by atoms with Crippen LogP contribution in [0.25, 0.3) is 0 Å². The Morgan fingerprint density at radius 1 is 1.28 bits per heavy atom. The number of halogens is 3. The van der Waals surface area contributed by atoms with Gasteiger partial charge in [-0.05, 0) is 32.8 Å². The molecule has 174 valence electrons. The largest absolute Gasteiger partial charge is 0.483 e. The summed E-state index contributed by atoms with van der Waals surface area (Å²) < 4.78 is 52.1. The van der Waals surface area contributed by atoms with E-state index in [1.807, 2.05) is 26.0 Å². The number of aromatic nitrogens is 3. The Kier molecular flexibility index (Phi) is 5.46. The third-order valence-corrected chi connectivity index (χ3v) is 5.83. The molecule has 0 atom stereocenters. The average molecular weight is 454 g/mol. The average Bonchev–Trinajstić information content (AvgIpc) is 3.21. The molecule has 0 radical (unpaired) electrons. The molecule has 11 heteroatoms. The normalized spacial score (nSPS) is 18.4. The van der Waals surface area contributed by atoms with Crippen molar-refractivity contribution in [2.24, 2.45) is 7.05 Å². The lowest BCUT2D eigenvalue weighted by atomic mass is 10.0. The molecule has 8 nitrogen and oxygen atoms in total. The number of fused-ring (bicyclic) bond motifs is 1. The Morgan fingerprint density at radius 2 is 1.97 bits per heavy atom. The first-order chi connectivity index (χ1) is 15.0. The number of alkyl halides is 3. The van der Waals surface area contributed by atoms with Crippen molar-refractivity contribution in [2.45, 2.75) is 50.9 Å². The van der Waals surface area contributed by atoms with E-state index in [0.717, 1.165) is 23.7 Å². The molecule has 1 aromatic carbocycles. The summed E-state index contributed by atoms with van der Waals surface area (Å²) in [5.74, 6) is -0.298. The quantitative estimate of drug-likeness (QED) is 0.710. The van der Waals surface area contributed by atoms with Gasteiger partial charge < -0.3 is 14.4 Å². The summed E-state index contributed by atoms with van der Waals surface area (Å²) in [6.45, 7) is 4.39. The Balaban J connectivity index is 1.36. The van der Waals surface area contributed by atoms with Gasteiger partial charge in [0.1, 0.15) is 5.60 Å². The van der Waals surface area contributed by atoms with Crippen LogP contribution in [0.5, 0.6) is 11.5 Å². The minimum absolute atomic E-state index is 0.174. The lowest BCUT2D eigenvalue weighted by Crippen LogP contribution is -2.43. The van der Waals surface area contributed by atoms with Gasteiger partial charge in [0, 0.05) is 32.1 Å². The highest BCUT2D eigenvalue weighted by Gasteiger charge is 2.39.